The number of aryl methyl sites for hydroxylation is 2. The molecule has 20 heavy (non-hydrogen) atoms. The standard InChI is InChI=1S/C17H16O2S/c1-11-5-7-12(8-6-11)16-10-14-9-13(17(18)19)3-2-4-15(14)20-16/h5-10H,2-4H2,1H3,(H,18,19). The minimum Gasteiger partial charge on any atom is -0.478 e. The van der Waals surface area contributed by atoms with E-state index in [1.54, 1.807) is 11.3 Å². The van der Waals surface area contributed by atoms with Crippen LogP contribution in [0, 0.1) is 6.92 Å². The van der Waals surface area contributed by atoms with Crippen LogP contribution in [0.5, 0.6) is 0 Å². The molecule has 2 aromatic rings. The van der Waals surface area contributed by atoms with Crippen molar-refractivity contribution in [3.05, 3.63) is 51.9 Å². The van der Waals surface area contributed by atoms with E-state index < -0.39 is 5.97 Å². The first-order chi connectivity index (χ1) is 9.63. The lowest BCUT2D eigenvalue weighted by atomic mass is 10.1. The van der Waals surface area contributed by atoms with Gasteiger partial charge in [-0.05, 0) is 49.5 Å². The number of hydrogen-bond acceptors (Lipinski definition) is 2. The smallest absolute Gasteiger partial charge is 0.331 e. The highest BCUT2D eigenvalue weighted by atomic mass is 32.1. The molecule has 0 saturated carbocycles. The molecule has 1 aliphatic rings. The Morgan fingerprint density at radius 3 is 2.65 bits per heavy atom. The van der Waals surface area contributed by atoms with Crippen molar-refractivity contribution in [2.75, 3.05) is 0 Å². The fourth-order valence-corrected chi connectivity index (χ4v) is 3.68. The van der Waals surface area contributed by atoms with E-state index in [-0.39, 0.29) is 0 Å². The van der Waals surface area contributed by atoms with Crippen molar-refractivity contribution in [2.45, 2.75) is 26.2 Å². The zero-order valence-corrected chi connectivity index (χ0v) is 12.2. The summed E-state index contributed by atoms with van der Waals surface area (Å²) in [7, 11) is 0. The van der Waals surface area contributed by atoms with E-state index in [2.05, 4.69) is 37.3 Å². The number of carboxylic acids is 1. The first-order valence-corrected chi connectivity index (χ1v) is 7.59. The molecule has 0 amide bonds. The van der Waals surface area contributed by atoms with Gasteiger partial charge in [0.05, 0.1) is 0 Å². The lowest BCUT2D eigenvalue weighted by Crippen LogP contribution is -1.99. The van der Waals surface area contributed by atoms with Gasteiger partial charge in [-0.25, -0.2) is 4.79 Å². The molecule has 102 valence electrons. The van der Waals surface area contributed by atoms with E-state index >= 15 is 0 Å². The van der Waals surface area contributed by atoms with Crippen LogP contribution in [0.2, 0.25) is 0 Å². The molecule has 0 bridgehead atoms. The Kier molecular flexibility index (Phi) is 3.45. The molecule has 3 heteroatoms. The SMILES string of the molecule is Cc1ccc(-c2cc3c(s2)CCCC(C(=O)O)=C3)cc1. The Morgan fingerprint density at radius 1 is 1.20 bits per heavy atom. The maximum atomic E-state index is 11.2. The van der Waals surface area contributed by atoms with Gasteiger partial charge in [0.1, 0.15) is 0 Å². The van der Waals surface area contributed by atoms with Crippen molar-refractivity contribution in [3.8, 4) is 10.4 Å². The molecule has 0 atom stereocenters. The van der Waals surface area contributed by atoms with Crippen LogP contribution in [0.1, 0.15) is 28.8 Å². The lowest BCUT2D eigenvalue weighted by molar-refractivity contribution is -0.132. The summed E-state index contributed by atoms with van der Waals surface area (Å²) in [4.78, 5) is 13.7. The van der Waals surface area contributed by atoms with E-state index in [0.29, 0.717) is 12.0 Å². The number of carbonyl (C=O) groups is 1. The van der Waals surface area contributed by atoms with E-state index in [4.69, 9.17) is 0 Å². The maximum absolute atomic E-state index is 11.2. The summed E-state index contributed by atoms with van der Waals surface area (Å²) >= 11 is 1.78. The summed E-state index contributed by atoms with van der Waals surface area (Å²) in [6.07, 6.45) is 4.40. The van der Waals surface area contributed by atoms with Crippen LogP contribution >= 0.6 is 11.3 Å². The second kappa shape index (κ2) is 5.25. The number of hydrogen-bond donors (Lipinski definition) is 1. The molecule has 1 aliphatic carbocycles. The zero-order valence-electron chi connectivity index (χ0n) is 11.3. The Hall–Kier alpha value is -1.87. The molecule has 2 nitrogen and oxygen atoms in total. The minimum atomic E-state index is -0.791. The molecule has 0 saturated heterocycles. The summed E-state index contributed by atoms with van der Waals surface area (Å²) in [5.74, 6) is -0.791. The van der Waals surface area contributed by atoms with Crippen molar-refractivity contribution in [3.63, 3.8) is 0 Å². The molecule has 1 N–H and O–H groups in total. The van der Waals surface area contributed by atoms with Crippen molar-refractivity contribution in [1.82, 2.24) is 0 Å². The number of fused-ring (bicyclic) bond motifs is 1. The van der Waals surface area contributed by atoms with E-state index in [1.165, 1.54) is 20.9 Å². The normalized spacial score (nSPS) is 14.3. The monoisotopic (exact) mass is 284 g/mol. The summed E-state index contributed by atoms with van der Waals surface area (Å²) in [6, 6.07) is 10.6. The van der Waals surface area contributed by atoms with E-state index in [9.17, 15) is 9.90 Å². The first-order valence-electron chi connectivity index (χ1n) is 6.77. The molecule has 1 aromatic heterocycles. The van der Waals surface area contributed by atoms with Gasteiger partial charge in [-0.3, -0.25) is 0 Å². The average Bonchev–Trinajstić information content (AvgIpc) is 2.71. The lowest BCUT2D eigenvalue weighted by Gasteiger charge is -1.99. The van der Waals surface area contributed by atoms with Crippen LogP contribution < -0.4 is 0 Å². The van der Waals surface area contributed by atoms with Gasteiger partial charge in [-0.1, -0.05) is 29.8 Å². The Bertz CT molecular complexity index is 678. The van der Waals surface area contributed by atoms with Crippen LogP contribution in [-0.2, 0) is 11.2 Å². The van der Waals surface area contributed by atoms with Gasteiger partial charge >= 0.3 is 5.97 Å². The van der Waals surface area contributed by atoms with Crippen LogP contribution in [0.3, 0.4) is 0 Å². The van der Waals surface area contributed by atoms with Crippen LogP contribution in [-0.4, -0.2) is 11.1 Å². The molecular formula is C17H16O2S. The van der Waals surface area contributed by atoms with Crippen molar-refractivity contribution in [1.29, 1.82) is 0 Å². The maximum Gasteiger partial charge on any atom is 0.331 e. The number of carboxylic acid groups (broad SMARTS) is 1. The Labute approximate surface area is 122 Å². The second-order valence-electron chi connectivity index (χ2n) is 5.18. The molecule has 0 aliphatic heterocycles. The van der Waals surface area contributed by atoms with Crippen molar-refractivity contribution in [2.24, 2.45) is 0 Å². The van der Waals surface area contributed by atoms with Crippen molar-refractivity contribution >= 4 is 23.4 Å². The zero-order chi connectivity index (χ0) is 14.1. The van der Waals surface area contributed by atoms with Gasteiger partial charge in [0.25, 0.3) is 0 Å². The number of benzene rings is 1. The number of thiophene rings is 1. The summed E-state index contributed by atoms with van der Waals surface area (Å²) in [6.45, 7) is 2.08. The fraction of sp³-hybridized carbons (Fsp3) is 0.235. The average molecular weight is 284 g/mol. The quantitative estimate of drug-likeness (QED) is 0.879. The molecule has 0 spiro atoms. The third kappa shape index (κ3) is 2.54. The number of aliphatic carboxylic acids is 1. The molecule has 1 heterocycles. The Balaban J connectivity index is 2.02. The van der Waals surface area contributed by atoms with Crippen LogP contribution in [0.25, 0.3) is 16.5 Å². The van der Waals surface area contributed by atoms with Gasteiger partial charge in [-0.15, -0.1) is 11.3 Å². The van der Waals surface area contributed by atoms with E-state index in [1.807, 2.05) is 6.08 Å². The fourth-order valence-electron chi connectivity index (χ4n) is 2.49. The third-order valence-corrected chi connectivity index (χ3v) is 4.89. The molecule has 0 fully saturated rings. The minimum absolute atomic E-state index is 0.525. The summed E-state index contributed by atoms with van der Waals surface area (Å²) in [5, 5.41) is 9.18. The highest BCUT2D eigenvalue weighted by Crippen LogP contribution is 2.36. The Morgan fingerprint density at radius 2 is 1.95 bits per heavy atom. The largest absolute Gasteiger partial charge is 0.478 e. The third-order valence-electron chi connectivity index (χ3n) is 3.63. The highest BCUT2D eigenvalue weighted by molar-refractivity contribution is 7.15. The van der Waals surface area contributed by atoms with Gasteiger partial charge < -0.3 is 5.11 Å². The highest BCUT2D eigenvalue weighted by Gasteiger charge is 2.16. The predicted molar refractivity (Wildman–Crippen MR) is 83.0 cm³/mol. The van der Waals surface area contributed by atoms with Gasteiger partial charge in [0, 0.05) is 15.3 Å². The van der Waals surface area contributed by atoms with Gasteiger partial charge in [0.15, 0.2) is 0 Å². The molecule has 0 unspecified atom stereocenters. The van der Waals surface area contributed by atoms with Gasteiger partial charge in [0.2, 0.25) is 0 Å². The van der Waals surface area contributed by atoms with Crippen LogP contribution in [0.15, 0.2) is 35.9 Å². The molecular weight excluding hydrogens is 268 g/mol. The molecule has 0 radical (unpaired) electrons. The second-order valence-corrected chi connectivity index (χ2v) is 6.32. The number of rotatable bonds is 2. The van der Waals surface area contributed by atoms with Crippen molar-refractivity contribution < 1.29 is 9.90 Å². The topological polar surface area (TPSA) is 37.3 Å². The summed E-state index contributed by atoms with van der Waals surface area (Å²) < 4.78 is 0. The summed E-state index contributed by atoms with van der Waals surface area (Å²) in [5.41, 5.74) is 4.07. The predicted octanol–water partition coefficient (Wildman–Crippen LogP) is 4.53. The van der Waals surface area contributed by atoms with E-state index in [0.717, 1.165) is 18.4 Å². The van der Waals surface area contributed by atoms with Gasteiger partial charge in [-0.2, -0.15) is 0 Å². The first kappa shape index (κ1) is 13.1. The van der Waals surface area contributed by atoms with Crippen LogP contribution in [0.4, 0.5) is 0 Å². The molecule has 3 rings (SSSR count). The molecule has 1 aromatic carbocycles.